The first-order valence-electron chi connectivity index (χ1n) is 11.6. The summed E-state index contributed by atoms with van der Waals surface area (Å²) in [6.45, 7) is 4.17. The highest BCUT2D eigenvalue weighted by Crippen LogP contribution is 2.43. The predicted molar refractivity (Wildman–Crippen MR) is 138 cm³/mol. The van der Waals surface area contributed by atoms with Crippen LogP contribution in [0.4, 0.5) is 11.6 Å². The quantitative estimate of drug-likeness (QED) is 0.382. The summed E-state index contributed by atoms with van der Waals surface area (Å²) in [5.74, 6) is 1.42. The predicted octanol–water partition coefficient (Wildman–Crippen LogP) is 5.10. The summed E-state index contributed by atoms with van der Waals surface area (Å²) in [5, 5.41) is 10.7. The number of rotatable bonds is 7. The Morgan fingerprint density at radius 3 is 2.58 bits per heavy atom. The fourth-order valence-corrected chi connectivity index (χ4v) is 4.37. The molecule has 4 aromatic rings. The first-order chi connectivity index (χ1) is 17.6. The summed E-state index contributed by atoms with van der Waals surface area (Å²) in [6.07, 6.45) is 1.47. The second-order valence-corrected chi connectivity index (χ2v) is 8.52. The van der Waals surface area contributed by atoms with Crippen LogP contribution in [0.2, 0.25) is 0 Å². The Balaban J connectivity index is 1.59. The molecule has 0 saturated carbocycles. The molecule has 182 valence electrons. The van der Waals surface area contributed by atoms with Crippen molar-refractivity contribution in [3.8, 4) is 11.5 Å². The van der Waals surface area contributed by atoms with Crippen molar-refractivity contribution in [1.82, 2.24) is 14.8 Å². The minimum Gasteiger partial charge on any atom is -0.493 e. The lowest BCUT2D eigenvalue weighted by Crippen LogP contribution is -2.32. The van der Waals surface area contributed by atoms with Gasteiger partial charge in [-0.3, -0.25) is 4.79 Å². The van der Waals surface area contributed by atoms with Crippen molar-refractivity contribution in [1.29, 1.82) is 0 Å². The van der Waals surface area contributed by atoms with E-state index < -0.39 is 6.04 Å². The van der Waals surface area contributed by atoms with Crippen molar-refractivity contribution >= 4 is 17.5 Å². The number of carbonyl (C=O) groups excluding carboxylic acids is 1. The van der Waals surface area contributed by atoms with Crippen LogP contribution in [-0.2, 0) is 11.4 Å². The number of allylic oxidation sites excluding steroid dienone is 1. The number of benzene rings is 3. The molecule has 0 unspecified atom stereocenters. The summed E-state index contributed by atoms with van der Waals surface area (Å²) in [7, 11) is 1.60. The normalized spacial score (nSPS) is 14.6. The van der Waals surface area contributed by atoms with Crippen molar-refractivity contribution in [2.24, 2.45) is 0 Å². The van der Waals surface area contributed by atoms with Crippen LogP contribution >= 0.6 is 0 Å². The van der Waals surface area contributed by atoms with Gasteiger partial charge in [0.05, 0.1) is 12.7 Å². The maximum atomic E-state index is 13.7. The number of ether oxygens (including phenoxy) is 2. The van der Waals surface area contributed by atoms with Crippen LogP contribution in [0.3, 0.4) is 0 Å². The van der Waals surface area contributed by atoms with E-state index >= 15 is 0 Å². The third kappa shape index (κ3) is 4.40. The molecule has 1 amide bonds. The molecule has 0 radical (unpaired) electrons. The number of para-hydroxylation sites is 2. The lowest BCUT2D eigenvalue weighted by molar-refractivity contribution is -0.113. The van der Waals surface area contributed by atoms with E-state index in [1.54, 1.807) is 11.8 Å². The number of amides is 1. The van der Waals surface area contributed by atoms with Gasteiger partial charge in [-0.15, -0.1) is 0 Å². The van der Waals surface area contributed by atoms with Crippen molar-refractivity contribution in [2.45, 2.75) is 26.5 Å². The highest BCUT2D eigenvalue weighted by atomic mass is 16.5. The van der Waals surface area contributed by atoms with Crippen molar-refractivity contribution < 1.29 is 14.3 Å². The smallest absolute Gasteiger partial charge is 0.255 e. The summed E-state index contributed by atoms with van der Waals surface area (Å²) in [6, 6.07) is 22.6. The zero-order valence-corrected chi connectivity index (χ0v) is 20.4. The molecular weight excluding hydrogens is 454 g/mol. The van der Waals surface area contributed by atoms with Crippen LogP contribution in [0.15, 0.2) is 90.4 Å². The van der Waals surface area contributed by atoms with E-state index in [1.165, 1.54) is 6.33 Å². The van der Waals surface area contributed by atoms with Crippen LogP contribution in [-0.4, -0.2) is 27.8 Å². The van der Waals surface area contributed by atoms with Crippen LogP contribution in [0.1, 0.15) is 29.7 Å². The molecule has 1 aliphatic heterocycles. The zero-order chi connectivity index (χ0) is 25.1. The topological polar surface area (TPSA) is 90.3 Å². The number of aryl methyl sites for hydroxylation is 1. The van der Waals surface area contributed by atoms with Gasteiger partial charge in [-0.1, -0.05) is 60.7 Å². The first-order valence-corrected chi connectivity index (χ1v) is 11.6. The number of nitrogens with zero attached hydrogens (tertiary/aromatic N) is 3. The van der Waals surface area contributed by atoms with Gasteiger partial charge < -0.3 is 20.1 Å². The Morgan fingerprint density at radius 1 is 1.03 bits per heavy atom. The largest absolute Gasteiger partial charge is 0.493 e. The number of carbonyl (C=O) groups is 1. The zero-order valence-electron chi connectivity index (χ0n) is 20.4. The van der Waals surface area contributed by atoms with Gasteiger partial charge in [-0.25, -0.2) is 4.68 Å². The average Bonchev–Trinajstić information content (AvgIpc) is 3.36. The Morgan fingerprint density at radius 2 is 1.81 bits per heavy atom. The average molecular weight is 482 g/mol. The lowest BCUT2D eigenvalue weighted by atomic mass is 9.93. The van der Waals surface area contributed by atoms with E-state index in [0.717, 1.165) is 22.4 Å². The molecule has 1 aromatic heterocycles. The maximum Gasteiger partial charge on any atom is 0.255 e. The number of anilines is 2. The van der Waals surface area contributed by atoms with Crippen molar-refractivity contribution in [3.05, 3.63) is 107 Å². The third-order valence-corrected chi connectivity index (χ3v) is 6.18. The standard InChI is InChI=1S/C28H27N5O3/c1-18-10-7-8-14-22(18)32-27(34)24-19(2)31-28-29-17-30-33(28)25(24)21-13-9-15-23(35-3)26(21)36-16-20-11-5-4-6-12-20/h4-15,17,25H,16H2,1-3H3,(H,32,34)(H,29,30,31)/t25-/m1/s1. The minimum absolute atomic E-state index is 0.239. The lowest BCUT2D eigenvalue weighted by Gasteiger charge is -2.30. The summed E-state index contributed by atoms with van der Waals surface area (Å²) in [4.78, 5) is 18.1. The molecule has 0 saturated heterocycles. The van der Waals surface area contributed by atoms with Crippen LogP contribution in [0.5, 0.6) is 11.5 Å². The van der Waals surface area contributed by atoms with Gasteiger partial charge in [0.1, 0.15) is 19.0 Å². The van der Waals surface area contributed by atoms with Gasteiger partial charge in [0.2, 0.25) is 5.95 Å². The number of hydrogen-bond acceptors (Lipinski definition) is 6. The molecule has 5 rings (SSSR count). The Bertz CT molecular complexity index is 1430. The van der Waals surface area contributed by atoms with E-state index in [4.69, 9.17) is 9.47 Å². The number of aromatic nitrogens is 3. The number of methoxy groups -OCH3 is 1. The minimum atomic E-state index is -0.589. The molecule has 2 N–H and O–H groups in total. The first kappa shape index (κ1) is 23.2. The molecule has 36 heavy (non-hydrogen) atoms. The van der Waals surface area contributed by atoms with E-state index in [-0.39, 0.29) is 5.91 Å². The Kier molecular flexibility index (Phi) is 6.40. The van der Waals surface area contributed by atoms with E-state index in [1.807, 2.05) is 86.6 Å². The SMILES string of the molecule is COc1cccc([C@@H]2C(C(=O)Nc3ccccc3C)=C(C)Nc3ncnn32)c1OCc1ccccc1. The van der Waals surface area contributed by atoms with Crippen LogP contribution in [0, 0.1) is 6.92 Å². The summed E-state index contributed by atoms with van der Waals surface area (Å²) in [5.41, 5.74) is 4.67. The van der Waals surface area contributed by atoms with Gasteiger partial charge in [0.15, 0.2) is 11.5 Å². The molecule has 3 aromatic carbocycles. The fourth-order valence-electron chi connectivity index (χ4n) is 4.37. The van der Waals surface area contributed by atoms with Gasteiger partial charge >= 0.3 is 0 Å². The number of hydrogen-bond donors (Lipinski definition) is 2. The molecule has 0 spiro atoms. The second-order valence-electron chi connectivity index (χ2n) is 8.52. The van der Waals surface area contributed by atoms with E-state index in [2.05, 4.69) is 20.7 Å². The molecule has 8 heteroatoms. The van der Waals surface area contributed by atoms with Crippen molar-refractivity contribution in [2.75, 3.05) is 17.7 Å². The second kappa shape index (κ2) is 9.95. The van der Waals surface area contributed by atoms with E-state index in [0.29, 0.717) is 35.3 Å². The molecule has 2 heterocycles. The van der Waals surface area contributed by atoms with Crippen LogP contribution < -0.4 is 20.1 Å². The molecule has 1 aliphatic rings. The van der Waals surface area contributed by atoms with E-state index in [9.17, 15) is 4.79 Å². The molecule has 8 nitrogen and oxygen atoms in total. The summed E-state index contributed by atoms with van der Waals surface area (Å²) < 4.78 is 13.7. The summed E-state index contributed by atoms with van der Waals surface area (Å²) >= 11 is 0. The molecule has 0 aliphatic carbocycles. The van der Waals surface area contributed by atoms with Crippen molar-refractivity contribution in [3.63, 3.8) is 0 Å². The fraction of sp³-hybridized carbons (Fsp3) is 0.179. The Labute approximate surface area is 209 Å². The van der Waals surface area contributed by atoms with Gasteiger partial charge in [-0.2, -0.15) is 10.1 Å². The Hall–Kier alpha value is -4.59. The molecule has 0 bridgehead atoms. The van der Waals surface area contributed by atoms with Crippen LogP contribution in [0.25, 0.3) is 0 Å². The highest BCUT2D eigenvalue weighted by Gasteiger charge is 2.36. The van der Waals surface area contributed by atoms with Gasteiger partial charge in [0, 0.05) is 16.9 Å². The highest BCUT2D eigenvalue weighted by molar-refractivity contribution is 6.06. The monoisotopic (exact) mass is 481 g/mol. The van der Waals surface area contributed by atoms with Gasteiger partial charge in [-0.05, 0) is 37.1 Å². The molecular formula is C28H27N5O3. The third-order valence-electron chi connectivity index (χ3n) is 6.18. The molecule has 1 atom stereocenters. The molecule has 0 fully saturated rings. The number of fused-ring (bicyclic) bond motifs is 1. The number of nitrogens with one attached hydrogen (secondary N) is 2. The maximum absolute atomic E-state index is 13.7. The van der Waals surface area contributed by atoms with Gasteiger partial charge in [0.25, 0.3) is 5.91 Å².